The predicted octanol–water partition coefficient (Wildman–Crippen LogP) is 2.11. The average molecular weight is 276 g/mol. The third kappa shape index (κ3) is 3.73. The molecule has 1 saturated heterocycles. The van der Waals surface area contributed by atoms with Crippen LogP contribution in [-0.2, 0) is 0 Å². The second-order valence-electron chi connectivity index (χ2n) is 5.72. The van der Waals surface area contributed by atoms with Gasteiger partial charge in [0.25, 0.3) is 5.91 Å². The minimum absolute atomic E-state index is 0.105. The summed E-state index contributed by atoms with van der Waals surface area (Å²) < 4.78 is 5.17. The van der Waals surface area contributed by atoms with Gasteiger partial charge in [0.05, 0.1) is 7.11 Å². The molecule has 0 atom stereocenters. The Kier molecular flexibility index (Phi) is 5.01. The van der Waals surface area contributed by atoms with E-state index < -0.39 is 0 Å². The SMILES string of the molecule is COc1cccc(C(=O)N2CCN(CC(C)C)CC2)c1. The summed E-state index contributed by atoms with van der Waals surface area (Å²) in [5.41, 5.74) is 0.710. The van der Waals surface area contributed by atoms with E-state index in [1.54, 1.807) is 7.11 Å². The largest absolute Gasteiger partial charge is 0.497 e. The van der Waals surface area contributed by atoms with Crippen molar-refractivity contribution in [1.82, 2.24) is 9.80 Å². The molecule has 1 aromatic rings. The zero-order valence-electron chi connectivity index (χ0n) is 12.6. The van der Waals surface area contributed by atoms with E-state index in [9.17, 15) is 4.79 Å². The molecule has 110 valence electrons. The summed E-state index contributed by atoms with van der Waals surface area (Å²) in [6, 6.07) is 7.38. The maximum absolute atomic E-state index is 12.4. The standard InChI is InChI=1S/C16H24N2O2/c1-13(2)12-17-7-9-18(10-8-17)16(19)14-5-4-6-15(11-14)20-3/h4-6,11,13H,7-10,12H2,1-3H3. The summed E-state index contributed by atoms with van der Waals surface area (Å²) in [5.74, 6) is 1.51. The molecule has 4 heteroatoms. The lowest BCUT2D eigenvalue weighted by atomic mass is 10.1. The lowest BCUT2D eigenvalue weighted by Crippen LogP contribution is -2.49. The number of hydrogen-bond acceptors (Lipinski definition) is 3. The van der Waals surface area contributed by atoms with E-state index in [-0.39, 0.29) is 5.91 Å². The van der Waals surface area contributed by atoms with Gasteiger partial charge in [0.2, 0.25) is 0 Å². The Balaban J connectivity index is 1.94. The monoisotopic (exact) mass is 276 g/mol. The van der Waals surface area contributed by atoms with Crippen molar-refractivity contribution in [3.05, 3.63) is 29.8 Å². The molecule has 0 aromatic heterocycles. The third-order valence-electron chi connectivity index (χ3n) is 3.60. The molecule has 4 nitrogen and oxygen atoms in total. The van der Waals surface area contributed by atoms with Gasteiger partial charge < -0.3 is 9.64 Å². The molecule has 1 heterocycles. The molecule has 0 bridgehead atoms. The van der Waals surface area contributed by atoms with Crippen molar-refractivity contribution in [3.8, 4) is 5.75 Å². The van der Waals surface area contributed by atoms with Crippen LogP contribution in [0.5, 0.6) is 5.75 Å². The Morgan fingerprint density at radius 2 is 1.95 bits per heavy atom. The highest BCUT2D eigenvalue weighted by Gasteiger charge is 2.22. The fourth-order valence-electron chi connectivity index (χ4n) is 2.59. The number of ether oxygens (including phenoxy) is 1. The van der Waals surface area contributed by atoms with Crippen molar-refractivity contribution >= 4 is 5.91 Å². The number of carbonyl (C=O) groups excluding carboxylic acids is 1. The molecule has 20 heavy (non-hydrogen) atoms. The van der Waals surface area contributed by atoms with Crippen LogP contribution in [0.4, 0.5) is 0 Å². The topological polar surface area (TPSA) is 32.8 Å². The summed E-state index contributed by atoms with van der Waals surface area (Å²) in [6.07, 6.45) is 0. The zero-order valence-corrected chi connectivity index (χ0v) is 12.6. The van der Waals surface area contributed by atoms with E-state index in [0.717, 1.165) is 38.5 Å². The van der Waals surface area contributed by atoms with E-state index >= 15 is 0 Å². The molecule has 0 N–H and O–H groups in total. The molecule has 0 saturated carbocycles. The van der Waals surface area contributed by atoms with Crippen LogP contribution in [0.3, 0.4) is 0 Å². The number of rotatable bonds is 4. The third-order valence-corrected chi connectivity index (χ3v) is 3.60. The van der Waals surface area contributed by atoms with Gasteiger partial charge in [0, 0.05) is 38.3 Å². The number of nitrogens with zero attached hydrogens (tertiary/aromatic N) is 2. The highest BCUT2D eigenvalue weighted by atomic mass is 16.5. The molecule has 0 unspecified atom stereocenters. The zero-order chi connectivity index (χ0) is 14.5. The smallest absolute Gasteiger partial charge is 0.254 e. The lowest BCUT2D eigenvalue weighted by Gasteiger charge is -2.35. The number of amides is 1. The van der Waals surface area contributed by atoms with Crippen molar-refractivity contribution in [2.24, 2.45) is 5.92 Å². The number of benzene rings is 1. The van der Waals surface area contributed by atoms with Crippen molar-refractivity contribution in [2.45, 2.75) is 13.8 Å². The van der Waals surface area contributed by atoms with E-state index in [4.69, 9.17) is 4.74 Å². The van der Waals surface area contributed by atoms with Crippen LogP contribution in [0.2, 0.25) is 0 Å². The van der Waals surface area contributed by atoms with Crippen LogP contribution >= 0.6 is 0 Å². The van der Waals surface area contributed by atoms with Crippen molar-refractivity contribution < 1.29 is 9.53 Å². The van der Waals surface area contributed by atoms with Crippen molar-refractivity contribution in [2.75, 3.05) is 39.8 Å². The quantitative estimate of drug-likeness (QED) is 0.844. The van der Waals surface area contributed by atoms with Crippen LogP contribution in [0.1, 0.15) is 24.2 Å². The van der Waals surface area contributed by atoms with E-state index in [0.29, 0.717) is 11.5 Å². The summed E-state index contributed by atoms with van der Waals surface area (Å²) >= 11 is 0. The Morgan fingerprint density at radius 3 is 2.55 bits per heavy atom. The normalized spacial score (nSPS) is 16.5. The summed E-state index contributed by atoms with van der Waals surface area (Å²) in [7, 11) is 1.62. The molecule has 1 aromatic carbocycles. The van der Waals surface area contributed by atoms with Crippen LogP contribution in [-0.4, -0.2) is 55.5 Å². The lowest BCUT2D eigenvalue weighted by molar-refractivity contribution is 0.0623. The summed E-state index contributed by atoms with van der Waals surface area (Å²) in [6.45, 7) is 9.12. The molecule has 0 aliphatic carbocycles. The molecule has 0 radical (unpaired) electrons. The number of hydrogen-bond donors (Lipinski definition) is 0. The first kappa shape index (κ1) is 14.9. The van der Waals surface area contributed by atoms with Crippen LogP contribution in [0, 0.1) is 5.92 Å². The first-order valence-electron chi connectivity index (χ1n) is 7.26. The highest BCUT2D eigenvalue weighted by molar-refractivity contribution is 5.94. The van der Waals surface area contributed by atoms with Crippen LogP contribution in [0.25, 0.3) is 0 Å². The van der Waals surface area contributed by atoms with Gasteiger partial charge in [-0.3, -0.25) is 9.69 Å². The number of methoxy groups -OCH3 is 1. The fraction of sp³-hybridized carbons (Fsp3) is 0.562. The van der Waals surface area contributed by atoms with Gasteiger partial charge in [-0.05, 0) is 24.1 Å². The Bertz CT molecular complexity index is 452. The fourth-order valence-corrected chi connectivity index (χ4v) is 2.59. The van der Waals surface area contributed by atoms with Gasteiger partial charge in [0.1, 0.15) is 5.75 Å². The van der Waals surface area contributed by atoms with Gasteiger partial charge in [-0.1, -0.05) is 19.9 Å². The number of piperazine rings is 1. The highest BCUT2D eigenvalue weighted by Crippen LogP contribution is 2.15. The van der Waals surface area contributed by atoms with Crippen molar-refractivity contribution in [3.63, 3.8) is 0 Å². The Morgan fingerprint density at radius 1 is 1.25 bits per heavy atom. The second-order valence-corrected chi connectivity index (χ2v) is 5.72. The predicted molar refractivity (Wildman–Crippen MR) is 80.2 cm³/mol. The minimum Gasteiger partial charge on any atom is -0.497 e. The summed E-state index contributed by atoms with van der Waals surface area (Å²) in [5, 5.41) is 0. The molecule has 1 fully saturated rings. The Labute approximate surface area is 121 Å². The van der Waals surface area contributed by atoms with Gasteiger partial charge in [-0.15, -0.1) is 0 Å². The van der Waals surface area contributed by atoms with Gasteiger partial charge >= 0.3 is 0 Å². The van der Waals surface area contributed by atoms with E-state index in [1.807, 2.05) is 29.2 Å². The number of carbonyl (C=O) groups is 1. The van der Waals surface area contributed by atoms with Crippen LogP contribution < -0.4 is 4.74 Å². The molecular weight excluding hydrogens is 252 g/mol. The Hall–Kier alpha value is -1.55. The second kappa shape index (κ2) is 6.75. The molecule has 1 aliphatic heterocycles. The molecule has 2 rings (SSSR count). The van der Waals surface area contributed by atoms with E-state index in [1.165, 1.54) is 0 Å². The first-order valence-corrected chi connectivity index (χ1v) is 7.26. The molecule has 1 aliphatic rings. The van der Waals surface area contributed by atoms with Gasteiger partial charge in [-0.25, -0.2) is 0 Å². The first-order chi connectivity index (χ1) is 9.60. The molecule has 0 spiro atoms. The van der Waals surface area contributed by atoms with Gasteiger partial charge in [0.15, 0.2) is 0 Å². The van der Waals surface area contributed by atoms with Gasteiger partial charge in [-0.2, -0.15) is 0 Å². The summed E-state index contributed by atoms with van der Waals surface area (Å²) in [4.78, 5) is 16.8. The van der Waals surface area contributed by atoms with Crippen molar-refractivity contribution in [1.29, 1.82) is 0 Å². The maximum Gasteiger partial charge on any atom is 0.254 e. The molecule has 1 amide bonds. The van der Waals surface area contributed by atoms with E-state index in [2.05, 4.69) is 18.7 Å². The average Bonchev–Trinajstić information content (AvgIpc) is 2.47. The molecular formula is C16H24N2O2. The maximum atomic E-state index is 12.4. The minimum atomic E-state index is 0.105. The van der Waals surface area contributed by atoms with Crippen LogP contribution in [0.15, 0.2) is 24.3 Å².